The third kappa shape index (κ3) is 3.18. The summed E-state index contributed by atoms with van der Waals surface area (Å²) in [4.78, 5) is 19.5. The average molecular weight is 348 g/mol. The van der Waals surface area contributed by atoms with Crippen molar-refractivity contribution >= 4 is 33.1 Å². The number of aromatic nitrogens is 1. The molecule has 4 N–H and O–H groups in total. The van der Waals surface area contributed by atoms with Crippen LogP contribution in [0, 0.1) is 0 Å². The molecule has 0 spiro atoms. The molecule has 3 heterocycles. The largest absolute Gasteiger partial charge is 0.476 e. The van der Waals surface area contributed by atoms with Gasteiger partial charge in [-0.05, 0) is 38.4 Å². The molecule has 1 amide bonds. The molecular formula is C17H24N4O2S. The van der Waals surface area contributed by atoms with Gasteiger partial charge in [0.2, 0.25) is 5.88 Å². The molecule has 1 aliphatic rings. The first kappa shape index (κ1) is 17.0. The average Bonchev–Trinajstić information content (AvgIpc) is 3.09. The molecule has 1 saturated heterocycles. The Morgan fingerprint density at radius 2 is 2.33 bits per heavy atom. The summed E-state index contributed by atoms with van der Waals surface area (Å²) in [6.45, 7) is 3.85. The van der Waals surface area contributed by atoms with Gasteiger partial charge in [-0.3, -0.25) is 4.79 Å². The molecule has 24 heavy (non-hydrogen) atoms. The highest BCUT2D eigenvalue weighted by molar-refractivity contribution is 7.21. The van der Waals surface area contributed by atoms with Gasteiger partial charge in [-0.15, -0.1) is 11.3 Å². The number of nitrogen functional groups attached to an aromatic ring is 1. The predicted molar refractivity (Wildman–Crippen MR) is 97.7 cm³/mol. The third-order valence-electron chi connectivity index (χ3n) is 4.60. The molecule has 3 rings (SSSR count). The number of carbonyl (C=O) groups is 1. The van der Waals surface area contributed by atoms with Gasteiger partial charge < -0.3 is 21.1 Å². The zero-order valence-corrected chi connectivity index (χ0v) is 15.0. The Morgan fingerprint density at radius 3 is 2.96 bits per heavy atom. The van der Waals surface area contributed by atoms with E-state index in [0.29, 0.717) is 29.1 Å². The van der Waals surface area contributed by atoms with Crippen LogP contribution in [0.5, 0.6) is 5.88 Å². The summed E-state index contributed by atoms with van der Waals surface area (Å²) < 4.78 is 5.96. The number of likely N-dealkylation sites (N-methyl/N-ethyl adjacent to an activating group) is 1. The summed E-state index contributed by atoms with van der Waals surface area (Å²) in [7, 11) is 2.12. The second-order valence-corrected chi connectivity index (χ2v) is 7.35. The molecular weight excluding hydrogens is 324 g/mol. The zero-order valence-electron chi connectivity index (χ0n) is 14.2. The Morgan fingerprint density at radius 1 is 1.54 bits per heavy atom. The topological polar surface area (TPSA) is 94.5 Å². The molecule has 1 fully saturated rings. The van der Waals surface area contributed by atoms with Crippen molar-refractivity contribution in [3.05, 3.63) is 16.5 Å². The van der Waals surface area contributed by atoms with Crippen LogP contribution >= 0.6 is 11.3 Å². The van der Waals surface area contributed by atoms with Crippen molar-refractivity contribution in [2.75, 3.05) is 25.9 Å². The highest BCUT2D eigenvalue weighted by atomic mass is 32.1. The lowest BCUT2D eigenvalue weighted by molar-refractivity contribution is 0.100. The lowest BCUT2D eigenvalue weighted by Gasteiger charge is -2.19. The minimum Gasteiger partial charge on any atom is -0.476 e. The van der Waals surface area contributed by atoms with Crippen molar-refractivity contribution in [3.63, 3.8) is 0 Å². The smallest absolute Gasteiger partial charge is 0.260 e. The summed E-state index contributed by atoms with van der Waals surface area (Å²) in [5.41, 5.74) is 13.1. The Hall–Kier alpha value is -1.86. The van der Waals surface area contributed by atoms with Crippen molar-refractivity contribution in [2.24, 2.45) is 5.73 Å². The number of hydrogen-bond donors (Lipinski definition) is 2. The van der Waals surface area contributed by atoms with Gasteiger partial charge in [0.05, 0.1) is 5.69 Å². The van der Waals surface area contributed by atoms with Gasteiger partial charge in [-0.2, -0.15) is 0 Å². The minimum absolute atomic E-state index is 0.377. The van der Waals surface area contributed by atoms with E-state index in [1.807, 2.05) is 6.07 Å². The molecule has 7 heteroatoms. The zero-order chi connectivity index (χ0) is 17.3. The van der Waals surface area contributed by atoms with Crippen molar-refractivity contribution in [2.45, 2.75) is 38.6 Å². The number of thiophene rings is 1. The number of nitrogens with zero attached hydrogens (tertiary/aromatic N) is 2. The molecule has 1 unspecified atom stereocenters. The van der Waals surface area contributed by atoms with E-state index in [4.69, 9.17) is 16.2 Å². The molecule has 2 aromatic heterocycles. The predicted octanol–water partition coefficient (Wildman–Crippen LogP) is 2.40. The molecule has 130 valence electrons. The number of hydrogen-bond acceptors (Lipinski definition) is 6. The molecule has 0 radical (unpaired) electrons. The normalized spacial score (nSPS) is 18.3. The Balaban J connectivity index is 1.92. The molecule has 0 saturated carbocycles. The number of likely N-dealkylation sites (tertiary alicyclic amines) is 1. The summed E-state index contributed by atoms with van der Waals surface area (Å²) in [5, 5.41) is 0.848. The van der Waals surface area contributed by atoms with Gasteiger partial charge in [0.25, 0.3) is 5.91 Å². The Kier molecular flexibility index (Phi) is 4.91. The van der Waals surface area contributed by atoms with E-state index >= 15 is 0 Å². The number of rotatable bonds is 6. The fourth-order valence-electron chi connectivity index (χ4n) is 3.27. The number of primary amides is 1. The number of carbonyl (C=O) groups excluding carboxylic acids is 1. The van der Waals surface area contributed by atoms with Gasteiger partial charge in [-0.25, -0.2) is 4.98 Å². The fourth-order valence-corrected chi connectivity index (χ4v) is 4.25. The maximum absolute atomic E-state index is 11.6. The van der Waals surface area contributed by atoms with E-state index < -0.39 is 5.91 Å². The minimum atomic E-state index is -0.506. The monoisotopic (exact) mass is 348 g/mol. The second kappa shape index (κ2) is 6.94. The van der Waals surface area contributed by atoms with E-state index in [2.05, 4.69) is 23.9 Å². The highest BCUT2D eigenvalue weighted by Crippen LogP contribution is 2.37. The lowest BCUT2D eigenvalue weighted by atomic mass is 10.1. The van der Waals surface area contributed by atoms with Crippen LogP contribution in [0.25, 0.3) is 10.2 Å². The highest BCUT2D eigenvalue weighted by Gasteiger charge is 2.23. The Labute approximate surface area is 145 Å². The standard InChI is InChI=1S/C17H24N4O2S/c1-3-5-10-8-12(23-9-11-6-4-7-21(11)2)20-17-13(10)14(18)15(24-17)16(19)22/h8,11H,3-7,9,18H2,1-2H3,(H2,19,22). The maximum Gasteiger partial charge on any atom is 0.260 e. The molecule has 0 aromatic carbocycles. The van der Waals surface area contributed by atoms with Crippen LogP contribution in [0.1, 0.15) is 41.4 Å². The SMILES string of the molecule is CCCc1cc(OCC2CCCN2C)nc2sc(C(N)=O)c(N)c12. The quantitative estimate of drug-likeness (QED) is 0.836. The van der Waals surface area contributed by atoms with E-state index in [-0.39, 0.29) is 0 Å². The third-order valence-corrected chi connectivity index (χ3v) is 5.71. The van der Waals surface area contributed by atoms with Gasteiger partial charge in [0.15, 0.2) is 0 Å². The van der Waals surface area contributed by atoms with Crippen molar-refractivity contribution < 1.29 is 9.53 Å². The fraction of sp³-hybridized carbons (Fsp3) is 0.529. The van der Waals surface area contributed by atoms with Crippen molar-refractivity contribution in [1.29, 1.82) is 0 Å². The number of nitrogens with two attached hydrogens (primary N) is 2. The van der Waals surface area contributed by atoms with Crippen LogP contribution in [0.3, 0.4) is 0 Å². The molecule has 0 aliphatic carbocycles. The summed E-state index contributed by atoms with van der Waals surface area (Å²) in [6, 6.07) is 2.39. The summed E-state index contributed by atoms with van der Waals surface area (Å²) in [6.07, 6.45) is 4.20. The van der Waals surface area contributed by atoms with E-state index in [1.54, 1.807) is 0 Å². The van der Waals surface area contributed by atoms with Gasteiger partial charge in [0, 0.05) is 17.5 Å². The molecule has 6 nitrogen and oxygen atoms in total. The van der Waals surface area contributed by atoms with Gasteiger partial charge in [-0.1, -0.05) is 13.3 Å². The van der Waals surface area contributed by atoms with Crippen molar-refractivity contribution in [1.82, 2.24) is 9.88 Å². The first-order valence-electron chi connectivity index (χ1n) is 8.36. The Bertz CT molecular complexity index is 759. The van der Waals surface area contributed by atoms with Crippen LogP contribution in [0.15, 0.2) is 6.07 Å². The number of amides is 1. The summed E-state index contributed by atoms with van der Waals surface area (Å²) in [5.74, 6) is 0.0940. The van der Waals surface area contributed by atoms with Gasteiger partial charge >= 0.3 is 0 Å². The number of aryl methyl sites for hydroxylation is 1. The van der Waals surface area contributed by atoms with E-state index in [1.165, 1.54) is 17.8 Å². The number of fused-ring (bicyclic) bond motifs is 1. The molecule has 1 aliphatic heterocycles. The number of pyridine rings is 1. The van der Waals surface area contributed by atoms with Gasteiger partial charge in [0.1, 0.15) is 16.3 Å². The van der Waals surface area contributed by atoms with Crippen LogP contribution < -0.4 is 16.2 Å². The molecule has 2 aromatic rings. The van der Waals surface area contributed by atoms with Crippen LogP contribution in [-0.4, -0.2) is 42.0 Å². The van der Waals surface area contributed by atoms with Crippen LogP contribution in [0.4, 0.5) is 5.69 Å². The van der Waals surface area contributed by atoms with E-state index in [9.17, 15) is 4.79 Å². The van der Waals surface area contributed by atoms with Crippen LogP contribution in [0.2, 0.25) is 0 Å². The summed E-state index contributed by atoms with van der Waals surface area (Å²) >= 11 is 1.24. The van der Waals surface area contributed by atoms with Crippen LogP contribution in [-0.2, 0) is 6.42 Å². The van der Waals surface area contributed by atoms with Crippen molar-refractivity contribution in [3.8, 4) is 5.88 Å². The lowest BCUT2D eigenvalue weighted by Crippen LogP contribution is -2.30. The first-order valence-corrected chi connectivity index (χ1v) is 9.17. The first-order chi connectivity index (χ1) is 11.5. The molecule has 1 atom stereocenters. The molecule has 0 bridgehead atoms. The second-order valence-electron chi connectivity index (χ2n) is 6.35. The number of ether oxygens (including phenoxy) is 1. The maximum atomic E-state index is 11.6. The van der Waals surface area contributed by atoms with E-state index in [0.717, 1.165) is 41.6 Å². The number of anilines is 1.